The standard InChI is InChI=1S/C13H12ClN3O2S/c14-9-2-1-3-10(6-9)15-11(18)7-20-13-17-16-12(19-13)8-4-5-8/h1-3,6,8H,4-5,7H2,(H,15,18). The van der Waals surface area contributed by atoms with E-state index in [2.05, 4.69) is 15.5 Å². The molecule has 1 aromatic heterocycles. The van der Waals surface area contributed by atoms with E-state index in [1.165, 1.54) is 11.8 Å². The average molecular weight is 310 g/mol. The van der Waals surface area contributed by atoms with Crippen molar-refractivity contribution in [1.82, 2.24) is 10.2 Å². The van der Waals surface area contributed by atoms with Crippen LogP contribution in [0.4, 0.5) is 5.69 Å². The van der Waals surface area contributed by atoms with Gasteiger partial charge in [0.05, 0.1) is 5.75 Å². The van der Waals surface area contributed by atoms with Crippen molar-refractivity contribution in [2.24, 2.45) is 0 Å². The molecule has 0 saturated heterocycles. The molecule has 1 aliphatic rings. The highest BCUT2D eigenvalue weighted by molar-refractivity contribution is 7.99. The maximum Gasteiger partial charge on any atom is 0.277 e. The van der Waals surface area contributed by atoms with Crippen molar-refractivity contribution in [3.63, 3.8) is 0 Å². The number of thioether (sulfide) groups is 1. The molecule has 1 N–H and O–H groups in total. The summed E-state index contributed by atoms with van der Waals surface area (Å²) in [5.41, 5.74) is 0.673. The largest absolute Gasteiger partial charge is 0.416 e. The molecule has 3 rings (SSSR count). The minimum atomic E-state index is -0.136. The summed E-state index contributed by atoms with van der Waals surface area (Å²) in [4.78, 5) is 11.8. The van der Waals surface area contributed by atoms with E-state index in [0.717, 1.165) is 12.8 Å². The topological polar surface area (TPSA) is 68.0 Å². The SMILES string of the molecule is O=C(CSc1nnc(C2CC2)o1)Nc1cccc(Cl)c1. The van der Waals surface area contributed by atoms with Crippen LogP contribution in [0.15, 0.2) is 33.9 Å². The summed E-state index contributed by atoms with van der Waals surface area (Å²) in [6, 6.07) is 7.02. The van der Waals surface area contributed by atoms with Crippen LogP contribution in [0.5, 0.6) is 0 Å². The Labute approximate surface area is 125 Å². The minimum Gasteiger partial charge on any atom is -0.416 e. The Balaban J connectivity index is 1.51. The number of anilines is 1. The molecule has 2 aromatic rings. The molecule has 0 atom stereocenters. The van der Waals surface area contributed by atoms with Crippen molar-refractivity contribution in [3.05, 3.63) is 35.2 Å². The van der Waals surface area contributed by atoms with E-state index in [9.17, 15) is 4.79 Å². The van der Waals surface area contributed by atoms with E-state index in [1.54, 1.807) is 24.3 Å². The predicted molar refractivity (Wildman–Crippen MR) is 77.1 cm³/mol. The van der Waals surface area contributed by atoms with Crippen LogP contribution in [0.1, 0.15) is 24.7 Å². The molecule has 1 heterocycles. The van der Waals surface area contributed by atoms with Crippen molar-refractivity contribution in [3.8, 4) is 0 Å². The summed E-state index contributed by atoms with van der Waals surface area (Å²) in [5.74, 6) is 1.20. The number of benzene rings is 1. The zero-order valence-corrected chi connectivity index (χ0v) is 12.1. The summed E-state index contributed by atoms with van der Waals surface area (Å²) < 4.78 is 5.47. The smallest absolute Gasteiger partial charge is 0.277 e. The third-order valence-electron chi connectivity index (χ3n) is 2.78. The Bertz CT molecular complexity index is 628. The van der Waals surface area contributed by atoms with E-state index in [1.807, 2.05) is 0 Å². The molecule has 1 fully saturated rings. The predicted octanol–water partition coefficient (Wildman–Crippen LogP) is 3.33. The molecule has 1 amide bonds. The molecular weight excluding hydrogens is 298 g/mol. The van der Waals surface area contributed by atoms with E-state index < -0.39 is 0 Å². The Kier molecular flexibility index (Phi) is 3.93. The Morgan fingerprint density at radius 3 is 3.05 bits per heavy atom. The van der Waals surface area contributed by atoms with E-state index in [4.69, 9.17) is 16.0 Å². The van der Waals surface area contributed by atoms with Crippen molar-refractivity contribution in [2.45, 2.75) is 24.0 Å². The number of aromatic nitrogens is 2. The molecule has 0 radical (unpaired) electrons. The Morgan fingerprint density at radius 1 is 1.45 bits per heavy atom. The summed E-state index contributed by atoms with van der Waals surface area (Å²) >= 11 is 7.08. The van der Waals surface area contributed by atoms with E-state index >= 15 is 0 Å². The summed E-state index contributed by atoms with van der Waals surface area (Å²) in [5, 5.41) is 11.7. The van der Waals surface area contributed by atoms with Gasteiger partial charge in [-0.25, -0.2) is 0 Å². The first-order valence-corrected chi connectivity index (χ1v) is 7.59. The number of nitrogens with zero attached hydrogens (tertiary/aromatic N) is 2. The van der Waals surface area contributed by atoms with Crippen LogP contribution in [0.25, 0.3) is 0 Å². The zero-order valence-electron chi connectivity index (χ0n) is 10.5. The second kappa shape index (κ2) is 5.85. The number of hydrogen-bond donors (Lipinski definition) is 1. The van der Waals surface area contributed by atoms with Crippen LogP contribution in [0.2, 0.25) is 5.02 Å². The van der Waals surface area contributed by atoms with Gasteiger partial charge >= 0.3 is 0 Å². The number of nitrogens with one attached hydrogen (secondary N) is 1. The Hall–Kier alpha value is -1.53. The van der Waals surface area contributed by atoms with Crippen LogP contribution in [-0.4, -0.2) is 21.9 Å². The van der Waals surface area contributed by atoms with E-state index in [0.29, 0.717) is 27.7 Å². The number of rotatable bonds is 5. The number of carbonyl (C=O) groups excluding carboxylic acids is 1. The third-order valence-corrected chi connectivity index (χ3v) is 3.84. The van der Waals surface area contributed by atoms with Crippen molar-refractivity contribution in [2.75, 3.05) is 11.1 Å². The van der Waals surface area contributed by atoms with E-state index in [-0.39, 0.29) is 11.7 Å². The second-order valence-corrected chi connectivity index (χ2v) is 5.89. The molecule has 0 bridgehead atoms. The quantitative estimate of drug-likeness (QED) is 0.858. The van der Waals surface area contributed by atoms with Gasteiger partial charge in [0, 0.05) is 16.6 Å². The number of hydrogen-bond acceptors (Lipinski definition) is 5. The zero-order chi connectivity index (χ0) is 13.9. The van der Waals surface area contributed by atoms with Gasteiger partial charge in [-0.3, -0.25) is 4.79 Å². The van der Waals surface area contributed by atoms with Crippen molar-refractivity contribution < 1.29 is 9.21 Å². The number of amides is 1. The van der Waals surface area contributed by atoms with Gasteiger partial charge in [0.2, 0.25) is 11.8 Å². The highest BCUT2D eigenvalue weighted by atomic mass is 35.5. The summed E-state index contributed by atoms with van der Waals surface area (Å²) in [6.45, 7) is 0. The molecule has 0 unspecified atom stereocenters. The van der Waals surface area contributed by atoms with Gasteiger partial charge in [0.1, 0.15) is 0 Å². The molecule has 1 saturated carbocycles. The molecule has 1 aromatic carbocycles. The van der Waals surface area contributed by atoms with Gasteiger partial charge in [0.25, 0.3) is 5.22 Å². The van der Waals surface area contributed by atoms with Gasteiger partial charge in [-0.05, 0) is 31.0 Å². The highest BCUT2D eigenvalue weighted by Crippen LogP contribution is 2.39. The van der Waals surface area contributed by atoms with Gasteiger partial charge in [-0.15, -0.1) is 10.2 Å². The first kappa shape index (κ1) is 13.5. The normalized spacial score (nSPS) is 14.2. The monoisotopic (exact) mass is 309 g/mol. The molecule has 0 aliphatic heterocycles. The lowest BCUT2D eigenvalue weighted by Gasteiger charge is -2.03. The van der Waals surface area contributed by atoms with Gasteiger partial charge in [0.15, 0.2) is 0 Å². The molecule has 5 nitrogen and oxygen atoms in total. The maximum absolute atomic E-state index is 11.8. The lowest BCUT2D eigenvalue weighted by molar-refractivity contribution is -0.113. The number of halogens is 1. The summed E-state index contributed by atoms with van der Waals surface area (Å²) in [6.07, 6.45) is 2.23. The fourth-order valence-corrected chi connectivity index (χ4v) is 2.42. The lowest BCUT2D eigenvalue weighted by atomic mass is 10.3. The van der Waals surface area contributed by atoms with Crippen molar-refractivity contribution in [1.29, 1.82) is 0 Å². The molecule has 20 heavy (non-hydrogen) atoms. The Morgan fingerprint density at radius 2 is 2.30 bits per heavy atom. The fourth-order valence-electron chi connectivity index (χ4n) is 1.66. The van der Waals surface area contributed by atoms with Crippen LogP contribution in [0, 0.1) is 0 Å². The minimum absolute atomic E-state index is 0.136. The second-order valence-electron chi connectivity index (χ2n) is 4.53. The average Bonchev–Trinajstić information content (AvgIpc) is 3.16. The van der Waals surface area contributed by atoms with Crippen LogP contribution >= 0.6 is 23.4 Å². The molecule has 0 spiro atoms. The fraction of sp³-hybridized carbons (Fsp3) is 0.308. The van der Waals surface area contributed by atoms with Crippen LogP contribution in [-0.2, 0) is 4.79 Å². The van der Waals surface area contributed by atoms with Gasteiger partial charge in [-0.1, -0.05) is 29.4 Å². The van der Waals surface area contributed by atoms with Crippen molar-refractivity contribution >= 4 is 35.0 Å². The molecular formula is C13H12ClN3O2S. The molecule has 104 valence electrons. The van der Waals surface area contributed by atoms with Gasteiger partial charge < -0.3 is 9.73 Å². The van der Waals surface area contributed by atoms with Gasteiger partial charge in [-0.2, -0.15) is 0 Å². The first-order chi connectivity index (χ1) is 9.70. The number of carbonyl (C=O) groups is 1. The third kappa shape index (κ3) is 3.52. The summed E-state index contributed by atoms with van der Waals surface area (Å²) in [7, 11) is 0. The molecule has 1 aliphatic carbocycles. The molecule has 7 heteroatoms. The lowest BCUT2D eigenvalue weighted by Crippen LogP contribution is -2.13. The van der Waals surface area contributed by atoms with Crippen LogP contribution < -0.4 is 5.32 Å². The van der Waals surface area contributed by atoms with Crippen LogP contribution in [0.3, 0.4) is 0 Å². The first-order valence-electron chi connectivity index (χ1n) is 6.22. The highest BCUT2D eigenvalue weighted by Gasteiger charge is 2.29. The maximum atomic E-state index is 11.8.